The van der Waals surface area contributed by atoms with Gasteiger partial charge in [0.15, 0.2) is 0 Å². The number of carbonyl (C=O) groups is 3. The molecule has 7 nitrogen and oxygen atoms in total. The number of fused-ring (bicyclic) bond motifs is 1. The molecule has 0 bridgehead atoms. The standard InChI is InChI=1S/C19H16ClFN4O3/c20-14-10-13(1-2-15(14)21)25-18(27)16-9-12(5-8-24(16)19(25)28)23-17(26)11-3-6-22-7-4-11/h1-4,6-7,10,12,16H,5,8-9H2,(H,23,26)/t12-,16-/m0/s1. The predicted molar refractivity (Wildman–Crippen MR) is 99.5 cm³/mol. The highest BCUT2D eigenvalue weighted by molar-refractivity contribution is 6.31. The minimum atomic E-state index is -0.673. The van der Waals surface area contributed by atoms with Crippen molar-refractivity contribution < 1.29 is 18.8 Å². The Kier molecular flexibility index (Phi) is 4.72. The highest BCUT2D eigenvalue weighted by atomic mass is 35.5. The maximum atomic E-state index is 13.4. The van der Waals surface area contributed by atoms with E-state index in [1.165, 1.54) is 29.4 Å². The molecule has 1 aromatic heterocycles. The molecule has 0 aliphatic carbocycles. The number of benzene rings is 1. The Hall–Kier alpha value is -3.00. The lowest BCUT2D eigenvalue weighted by Gasteiger charge is -2.32. The van der Waals surface area contributed by atoms with Crippen LogP contribution in [0.5, 0.6) is 0 Å². The molecule has 2 fully saturated rings. The van der Waals surface area contributed by atoms with Gasteiger partial charge in [-0.15, -0.1) is 0 Å². The first-order valence-electron chi connectivity index (χ1n) is 8.76. The second kappa shape index (κ2) is 7.20. The van der Waals surface area contributed by atoms with Gasteiger partial charge >= 0.3 is 6.03 Å². The largest absolute Gasteiger partial charge is 0.349 e. The summed E-state index contributed by atoms with van der Waals surface area (Å²) in [7, 11) is 0. The number of carbonyl (C=O) groups excluding carboxylic acids is 3. The first-order valence-corrected chi connectivity index (χ1v) is 9.14. The maximum absolute atomic E-state index is 13.4. The molecule has 2 atom stereocenters. The van der Waals surface area contributed by atoms with E-state index in [0.29, 0.717) is 24.9 Å². The van der Waals surface area contributed by atoms with Crippen LogP contribution in [-0.2, 0) is 4.79 Å². The molecule has 2 saturated heterocycles. The zero-order chi connectivity index (χ0) is 19.8. The number of nitrogens with zero attached hydrogens (tertiary/aromatic N) is 3. The van der Waals surface area contributed by atoms with E-state index >= 15 is 0 Å². The lowest BCUT2D eigenvalue weighted by Crippen LogP contribution is -2.49. The van der Waals surface area contributed by atoms with Crippen molar-refractivity contribution in [3.63, 3.8) is 0 Å². The molecule has 0 radical (unpaired) electrons. The van der Waals surface area contributed by atoms with Crippen LogP contribution in [0.25, 0.3) is 0 Å². The summed E-state index contributed by atoms with van der Waals surface area (Å²) >= 11 is 5.79. The average Bonchev–Trinajstić information content (AvgIpc) is 2.95. The van der Waals surface area contributed by atoms with E-state index in [-0.39, 0.29) is 22.7 Å². The Balaban J connectivity index is 1.50. The Morgan fingerprint density at radius 2 is 1.96 bits per heavy atom. The number of hydrogen-bond donors (Lipinski definition) is 1. The number of imide groups is 1. The summed E-state index contributed by atoms with van der Waals surface area (Å²) in [5.41, 5.74) is 0.710. The predicted octanol–water partition coefficient (Wildman–Crippen LogP) is 2.60. The van der Waals surface area contributed by atoms with Crippen molar-refractivity contribution in [2.75, 3.05) is 11.4 Å². The summed E-state index contributed by atoms with van der Waals surface area (Å²) < 4.78 is 13.4. The van der Waals surface area contributed by atoms with Gasteiger partial charge in [-0.2, -0.15) is 0 Å². The third-order valence-corrected chi connectivity index (χ3v) is 5.27. The van der Waals surface area contributed by atoms with Gasteiger partial charge in [0.1, 0.15) is 11.9 Å². The fraction of sp³-hybridized carbons (Fsp3) is 0.263. The molecular formula is C19H16ClFN4O3. The topological polar surface area (TPSA) is 82.6 Å². The maximum Gasteiger partial charge on any atom is 0.332 e. The second-order valence-electron chi connectivity index (χ2n) is 6.69. The van der Waals surface area contributed by atoms with Gasteiger partial charge in [-0.1, -0.05) is 11.6 Å². The van der Waals surface area contributed by atoms with Crippen molar-refractivity contribution in [3.8, 4) is 0 Å². The van der Waals surface area contributed by atoms with Crippen LogP contribution in [0.3, 0.4) is 0 Å². The van der Waals surface area contributed by atoms with Crippen LogP contribution in [0.4, 0.5) is 14.9 Å². The zero-order valence-corrected chi connectivity index (χ0v) is 15.4. The number of rotatable bonds is 3. The number of hydrogen-bond acceptors (Lipinski definition) is 4. The number of urea groups is 1. The summed E-state index contributed by atoms with van der Waals surface area (Å²) in [5.74, 6) is -1.28. The minimum absolute atomic E-state index is 0.162. The van der Waals surface area contributed by atoms with Gasteiger partial charge in [-0.3, -0.25) is 14.6 Å². The van der Waals surface area contributed by atoms with Crippen molar-refractivity contribution in [1.82, 2.24) is 15.2 Å². The molecule has 1 aromatic carbocycles. The van der Waals surface area contributed by atoms with Crippen LogP contribution in [0.1, 0.15) is 23.2 Å². The number of pyridine rings is 1. The second-order valence-corrected chi connectivity index (χ2v) is 7.10. The number of anilines is 1. The van der Waals surface area contributed by atoms with Gasteiger partial charge in [0.2, 0.25) is 0 Å². The first kappa shape index (κ1) is 18.4. The lowest BCUT2D eigenvalue weighted by atomic mass is 9.97. The highest BCUT2D eigenvalue weighted by Gasteiger charge is 2.48. The fourth-order valence-electron chi connectivity index (χ4n) is 3.57. The fourth-order valence-corrected chi connectivity index (χ4v) is 3.74. The molecule has 0 unspecified atom stereocenters. The van der Waals surface area contributed by atoms with Crippen molar-refractivity contribution in [2.24, 2.45) is 0 Å². The van der Waals surface area contributed by atoms with Crippen LogP contribution >= 0.6 is 11.6 Å². The number of nitrogens with one attached hydrogen (secondary N) is 1. The first-order chi connectivity index (χ1) is 13.5. The summed E-state index contributed by atoms with van der Waals surface area (Å²) in [4.78, 5) is 44.3. The average molecular weight is 403 g/mol. The number of halogens is 2. The molecule has 28 heavy (non-hydrogen) atoms. The summed E-state index contributed by atoms with van der Waals surface area (Å²) in [6.45, 7) is 0.335. The molecule has 144 valence electrons. The number of aromatic nitrogens is 1. The number of amides is 4. The van der Waals surface area contributed by atoms with E-state index < -0.39 is 23.8 Å². The van der Waals surface area contributed by atoms with Crippen LogP contribution in [0.15, 0.2) is 42.7 Å². The Labute approximate surface area is 165 Å². The van der Waals surface area contributed by atoms with Crippen molar-refractivity contribution in [2.45, 2.75) is 24.9 Å². The molecule has 9 heteroatoms. The van der Waals surface area contributed by atoms with Gasteiger partial charge in [0.05, 0.1) is 10.7 Å². The van der Waals surface area contributed by atoms with Gasteiger partial charge in [0, 0.05) is 30.5 Å². The van der Waals surface area contributed by atoms with E-state index in [0.717, 1.165) is 11.0 Å². The van der Waals surface area contributed by atoms with Gasteiger partial charge in [-0.25, -0.2) is 14.1 Å². The van der Waals surface area contributed by atoms with E-state index in [9.17, 15) is 18.8 Å². The quantitative estimate of drug-likeness (QED) is 0.800. The highest BCUT2D eigenvalue weighted by Crippen LogP contribution is 2.32. The molecule has 2 aromatic rings. The van der Waals surface area contributed by atoms with Crippen molar-refractivity contribution >= 4 is 35.1 Å². The van der Waals surface area contributed by atoms with E-state index in [1.54, 1.807) is 12.1 Å². The van der Waals surface area contributed by atoms with Gasteiger partial charge in [0.25, 0.3) is 11.8 Å². The SMILES string of the molecule is O=C(N[C@H]1CCN2C(=O)N(c3ccc(F)c(Cl)c3)C(=O)[C@@H]2C1)c1ccncc1. The van der Waals surface area contributed by atoms with Crippen LogP contribution in [0, 0.1) is 5.82 Å². The molecule has 2 aliphatic heterocycles. The molecule has 0 spiro atoms. The molecule has 0 saturated carbocycles. The normalized spacial score (nSPS) is 21.6. The van der Waals surface area contributed by atoms with Crippen LogP contribution < -0.4 is 10.2 Å². The molecule has 3 heterocycles. The summed E-state index contributed by atoms with van der Waals surface area (Å²) in [6, 6.07) is 5.56. The van der Waals surface area contributed by atoms with Gasteiger partial charge < -0.3 is 10.2 Å². The number of piperidine rings is 1. The van der Waals surface area contributed by atoms with Gasteiger partial charge in [-0.05, 0) is 43.2 Å². The Bertz CT molecular complexity index is 955. The van der Waals surface area contributed by atoms with Crippen LogP contribution in [0.2, 0.25) is 5.02 Å². The van der Waals surface area contributed by atoms with E-state index in [2.05, 4.69) is 10.3 Å². The lowest BCUT2D eigenvalue weighted by molar-refractivity contribution is -0.120. The molecular weight excluding hydrogens is 387 g/mol. The van der Waals surface area contributed by atoms with Crippen LogP contribution in [-0.4, -0.2) is 46.4 Å². The molecule has 2 aliphatic rings. The molecule has 4 amide bonds. The van der Waals surface area contributed by atoms with E-state index in [1.807, 2.05) is 0 Å². The van der Waals surface area contributed by atoms with Crippen molar-refractivity contribution in [3.05, 3.63) is 59.1 Å². The van der Waals surface area contributed by atoms with Crippen molar-refractivity contribution in [1.29, 1.82) is 0 Å². The Morgan fingerprint density at radius 3 is 2.68 bits per heavy atom. The Morgan fingerprint density at radius 1 is 1.21 bits per heavy atom. The minimum Gasteiger partial charge on any atom is -0.349 e. The third kappa shape index (κ3) is 3.20. The molecule has 4 rings (SSSR count). The third-order valence-electron chi connectivity index (χ3n) is 4.98. The molecule has 1 N–H and O–H groups in total. The monoisotopic (exact) mass is 402 g/mol. The zero-order valence-electron chi connectivity index (χ0n) is 14.6. The summed E-state index contributed by atoms with van der Waals surface area (Å²) in [5, 5.41) is 2.75. The summed E-state index contributed by atoms with van der Waals surface area (Å²) in [6.07, 6.45) is 3.90. The van der Waals surface area contributed by atoms with E-state index in [4.69, 9.17) is 11.6 Å². The smallest absolute Gasteiger partial charge is 0.332 e.